The van der Waals surface area contributed by atoms with E-state index >= 15 is 0 Å². The molecule has 7 rings (SSSR count). The number of nitrogens with one attached hydrogen (secondary N) is 3. The Hall–Kier alpha value is -3.31. The first-order valence-electron chi connectivity index (χ1n) is 18.6. The number of nitrogens with zero attached hydrogens (tertiary/aromatic N) is 6. The zero-order chi connectivity index (χ0) is 48.8. The number of aromatic nitrogens is 3. The number of hydrogen-bond acceptors (Lipinski definition) is 19. The fourth-order valence-corrected chi connectivity index (χ4v) is 9.54. The number of hydrogen-bond donors (Lipinski definition) is 7. The molecule has 352 valence electrons. The maximum absolute atomic E-state index is 12.7. The third kappa shape index (κ3) is 14.5. The van der Waals surface area contributed by atoms with Gasteiger partial charge < -0.3 is 20.1 Å². The van der Waals surface area contributed by atoms with Crippen LogP contribution in [0.4, 0.5) is 46.0 Å². The van der Waals surface area contributed by atoms with Crippen molar-refractivity contribution < 1.29 is 61.4 Å². The largest absolute Gasteiger partial charge is 0.494 e. The van der Waals surface area contributed by atoms with E-state index in [1.165, 1.54) is 62.8 Å². The van der Waals surface area contributed by atoms with E-state index < -0.39 is 65.7 Å². The molecule has 0 aliphatic rings. The molecule has 0 unspecified atom stereocenters. The van der Waals surface area contributed by atoms with Crippen LogP contribution < -0.4 is 25.8 Å². The van der Waals surface area contributed by atoms with Gasteiger partial charge in [-0.15, -0.1) is 0 Å². The van der Waals surface area contributed by atoms with E-state index in [9.17, 15) is 56.7 Å². The van der Waals surface area contributed by atoms with Gasteiger partial charge in [0.15, 0.2) is 0 Å². The van der Waals surface area contributed by atoms with Gasteiger partial charge in [-0.05, 0) is 73.5 Å². The summed E-state index contributed by atoms with van der Waals surface area (Å²) in [7, 11) is -16.8. The summed E-state index contributed by atoms with van der Waals surface area (Å²) in [6, 6.07) is 17.2. The number of fused-ring (bicyclic) bond motifs is 2. The molecule has 0 atom stereocenters. The molecule has 0 saturated carbocycles. The molecule has 71 heavy (non-hydrogen) atoms. The summed E-state index contributed by atoms with van der Waals surface area (Å²) in [6.07, 6.45) is 0. The zero-order valence-corrected chi connectivity index (χ0v) is 49.9. The molecule has 7 N–H and O–H groups in total. The average molecular weight is 1090 g/mol. The molecule has 4 radical (unpaired) electrons. The smallest absolute Gasteiger partial charge is 0.373 e. The van der Waals surface area contributed by atoms with Gasteiger partial charge in [-0.25, -0.2) is 4.79 Å². The molecule has 24 nitrogen and oxygen atoms in total. The SMILES string of the molecule is COc1cc(N=Nc2cc(S(=O)(=O)O)c3cccc(S(=O)(=O)O)c3c2)c(C)cc1Nc1nc(=O)nc(Nc2cc(C)c(N=Nc3cc(S(=O)(=O)O)c4cccc(S(=O)(=O)O)c4c3)cc2OC)[nH]1.[Na].[Na].[Na].[Na]. The van der Waals surface area contributed by atoms with Crippen molar-refractivity contribution in [1.82, 2.24) is 15.0 Å². The fourth-order valence-electron chi connectivity index (χ4n) is 6.70. The van der Waals surface area contributed by atoms with Crippen LogP contribution in [0.1, 0.15) is 11.1 Å². The van der Waals surface area contributed by atoms with Crippen molar-refractivity contribution in [3.8, 4) is 11.5 Å². The predicted octanol–water partition coefficient (Wildman–Crippen LogP) is 5.89. The first kappa shape index (κ1) is 62.0. The molecule has 6 aromatic carbocycles. The molecule has 7 aromatic rings. The second-order valence-corrected chi connectivity index (χ2v) is 19.7. The molecule has 0 saturated heterocycles. The minimum atomic E-state index is -4.91. The normalized spacial score (nSPS) is 11.9. The summed E-state index contributed by atoms with van der Waals surface area (Å²) in [5.41, 5.74) is 0.500. The van der Waals surface area contributed by atoms with Crippen LogP contribution >= 0.6 is 0 Å². The van der Waals surface area contributed by atoms with Gasteiger partial charge in [0.25, 0.3) is 40.5 Å². The molecule has 1 heterocycles. The van der Waals surface area contributed by atoms with Gasteiger partial charge in [0.2, 0.25) is 11.9 Å². The van der Waals surface area contributed by atoms with Gasteiger partial charge in [0, 0.05) is 152 Å². The number of aromatic amines is 1. The van der Waals surface area contributed by atoms with Crippen LogP contribution in [0.2, 0.25) is 0 Å². The average Bonchev–Trinajstić information content (AvgIpc) is 3.23. The van der Waals surface area contributed by atoms with E-state index in [-0.39, 0.29) is 197 Å². The van der Waals surface area contributed by atoms with E-state index in [1.54, 1.807) is 26.0 Å². The van der Waals surface area contributed by atoms with Gasteiger partial charge in [-0.1, -0.05) is 24.3 Å². The monoisotopic (exact) mass is 1090 g/mol. The van der Waals surface area contributed by atoms with Gasteiger partial charge >= 0.3 is 5.69 Å². The molecule has 0 aliphatic heterocycles. The van der Waals surface area contributed by atoms with Crippen LogP contribution in [0, 0.1) is 13.8 Å². The minimum absolute atomic E-state index is 0. The van der Waals surface area contributed by atoms with Crippen LogP contribution in [0.15, 0.2) is 130 Å². The van der Waals surface area contributed by atoms with Crippen LogP contribution in [-0.2, 0) is 40.5 Å². The second kappa shape index (κ2) is 24.4. The maximum atomic E-state index is 12.7. The Bertz CT molecular complexity index is 3570. The number of rotatable bonds is 14. The molecule has 0 bridgehead atoms. The third-order valence-electron chi connectivity index (χ3n) is 9.66. The van der Waals surface area contributed by atoms with Gasteiger partial charge in [-0.3, -0.25) is 23.2 Å². The second-order valence-electron chi connectivity index (χ2n) is 14.1. The van der Waals surface area contributed by atoms with Crippen LogP contribution in [0.3, 0.4) is 0 Å². The number of anilines is 4. The molecule has 0 fully saturated rings. The van der Waals surface area contributed by atoms with Crippen LogP contribution in [0.25, 0.3) is 21.5 Å². The fraction of sp³-hybridized carbons (Fsp3) is 0.103. The van der Waals surface area contributed by atoms with Crippen molar-refractivity contribution in [1.29, 1.82) is 0 Å². The molecule has 1 aromatic heterocycles. The third-order valence-corrected chi connectivity index (χ3v) is 13.3. The van der Waals surface area contributed by atoms with Gasteiger partial charge in [0.1, 0.15) is 31.1 Å². The van der Waals surface area contributed by atoms with Crippen LogP contribution in [-0.4, -0.2) is 199 Å². The molecular weight excluding hydrogens is 1050 g/mol. The molecule has 0 spiro atoms. The number of aryl methyl sites for hydroxylation is 2. The van der Waals surface area contributed by atoms with Crippen molar-refractivity contribution in [3.63, 3.8) is 0 Å². The van der Waals surface area contributed by atoms with Crippen molar-refractivity contribution in [2.45, 2.75) is 33.4 Å². The number of H-pyrrole nitrogens is 1. The predicted molar refractivity (Wildman–Crippen MR) is 263 cm³/mol. The number of ether oxygens (including phenoxy) is 2. The summed E-state index contributed by atoms with van der Waals surface area (Å²) in [4.78, 5) is 20.7. The van der Waals surface area contributed by atoms with E-state index in [1.807, 2.05) is 0 Å². The maximum Gasteiger partial charge on any atom is 0.373 e. The summed E-state index contributed by atoms with van der Waals surface area (Å²) in [6.45, 7) is 3.26. The van der Waals surface area contributed by atoms with Crippen LogP contribution in [0.5, 0.6) is 11.5 Å². The molecule has 0 amide bonds. The number of methoxy groups -OCH3 is 2. The Morgan fingerprint density at radius 1 is 0.493 bits per heavy atom. The summed E-state index contributed by atoms with van der Waals surface area (Å²) < 4.78 is 148. The van der Waals surface area contributed by atoms with E-state index in [4.69, 9.17) is 9.47 Å². The Morgan fingerprint density at radius 2 is 0.845 bits per heavy atom. The quantitative estimate of drug-likeness (QED) is 0.0379. The standard InChI is InChI=1S/C39H33N9O15S4.4Na/c1-19-11-29(31(62-3)17-27(19)47-45-21-13-25-23(35(15-21)66(56,57)58)7-5-9-33(25)64(50,51)52)40-37-42-38(44-39(49)43-37)41-30-12-20(2)28(18-32(30)63-4)48-46-22-14-26-24(36(16-22)67(59,60)61)8-6-10-34(26)65(53,54)55;;;;/h5-18H,1-4H3,(H,50,51,52)(H,53,54,55)(H,56,57,58)(H,59,60,61)(H3,40,41,42,43,44,49);;;;. The Labute approximate surface area is 493 Å². The summed E-state index contributed by atoms with van der Waals surface area (Å²) in [5.74, 6) is 0.0725. The first-order chi connectivity index (χ1) is 31.3. The minimum Gasteiger partial charge on any atom is -0.494 e. The molecule has 0 aliphatic carbocycles. The van der Waals surface area contributed by atoms with Gasteiger partial charge in [-0.2, -0.15) is 64.1 Å². The first-order valence-corrected chi connectivity index (χ1v) is 24.4. The Balaban J connectivity index is 0.00000333. The topological polar surface area (TPSA) is 368 Å². The number of benzene rings is 6. The zero-order valence-electron chi connectivity index (χ0n) is 38.7. The Morgan fingerprint density at radius 3 is 1.17 bits per heavy atom. The van der Waals surface area contributed by atoms with Gasteiger partial charge in [0.05, 0.1) is 48.3 Å². The van der Waals surface area contributed by atoms with E-state index in [0.717, 1.165) is 24.3 Å². The number of azo groups is 2. The Kier molecular flexibility index (Phi) is 21.3. The van der Waals surface area contributed by atoms with E-state index in [2.05, 4.69) is 46.0 Å². The van der Waals surface area contributed by atoms with Crippen molar-refractivity contribution >= 4 is 226 Å². The molecule has 32 heteroatoms. The summed E-state index contributed by atoms with van der Waals surface area (Å²) >= 11 is 0. The van der Waals surface area contributed by atoms with Crippen molar-refractivity contribution in [3.05, 3.63) is 107 Å². The summed E-state index contributed by atoms with van der Waals surface area (Å²) in [5, 5.41) is 21.5. The van der Waals surface area contributed by atoms with E-state index in [0.29, 0.717) is 11.1 Å². The van der Waals surface area contributed by atoms with Crippen molar-refractivity contribution in [2.24, 2.45) is 20.5 Å². The van der Waals surface area contributed by atoms with Crippen molar-refractivity contribution in [2.75, 3.05) is 24.9 Å². The molecular formula is C39H33N9Na4O15S4.